The molecule has 16 heavy (non-hydrogen) atoms. The zero-order valence-electron chi connectivity index (χ0n) is 11.8. The fourth-order valence-corrected chi connectivity index (χ4v) is 3.07. The van der Waals surface area contributed by atoms with Crippen LogP contribution in [0.5, 0.6) is 0 Å². The van der Waals surface area contributed by atoms with Gasteiger partial charge in [0.2, 0.25) is 0 Å². The second kappa shape index (κ2) is 7.32. The van der Waals surface area contributed by atoms with Crippen molar-refractivity contribution in [1.82, 2.24) is 5.32 Å². The van der Waals surface area contributed by atoms with E-state index in [-0.39, 0.29) is 0 Å². The lowest BCUT2D eigenvalue weighted by Gasteiger charge is -2.30. The van der Waals surface area contributed by atoms with E-state index in [1.807, 2.05) is 0 Å². The van der Waals surface area contributed by atoms with Gasteiger partial charge in [-0.1, -0.05) is 46.5 Å². The smallest absolute Gasteiger partial charge is 0.00900 e. The van der Waals surface area contributed by atoms with E-state index in [0.29, 0.717) is 12.1 Å². The van der Waals surface area contributed by atoms with Crippen molar-refractivity contribution < 1.29 is 0 Å². The minimum absolute atomic E-state index is 0.707. The van der Waals surface area contributed by atoms with Gasteiger partial charge in [0.15, 0.2) is 0 Å². The quantitative estimate of drug-likeness (QED) is 0.685. The first-order valence-electron chi connectivity index (χ1n) is 7.41. The SMILES string of the molecule is CCC(N[C@H](C)C1CCCCCC1)C(C)C. The predicted octanol–water partition coefficient (Wildman–Crippen LogP) is 4.37. The first-order valence-corrected chi connectivity index (χ1v) is 7.41. The molecular formula is C15H31N. The maximum Gasteiger partial charge on any atom is 0.00900 e. The van der Waals surface area contributed by atoms with E-state index in [4.69, 9.17) is 0 Å². The maximum absolute atomic E-state index is 3.86. The van der Waals surface area contributed by atoms with Crippen molar-refractivity contribution in [3.63, 3.8) is 0 Å². The molecule has 0 aliphatic heterocycles. The molecule has 0 saturated heterocycles. The molecular weight excluding hydrogens is 194 g/mol. The molecule has 1 rings (SSSR count). The molecule has 0 amide bonds. The van der Waals surface area contributed by atoms with Gasteiger partial charge >= 0.3 is 0 Å². The highest BCUT2D eigenvalue weighted by atomic mass is 15.0. The molecule has 0 aromatic rings. The topological polar surface area (TPSA) is 12.0 Å². The summed E-state index contributed by atoms with van der Waals surface area (Å²) < 4.78 is 0. The third kappa shape index (κ3) is 4.45. The first-order chi connectivity index (χ1) is 7.65. The van der Waals surface area contributed by atoms with E-state index < -0.39 is 0 Å². The van der Waals surface area contributed by atoms with Crippen LogP contribution >= 0.6 is 0 Å². The van der Waals surface area contributed by atoms with E-state index in [9.17, 15) is 0 Å². The molecule has 1 saturated carbocycles. The van der Waals surface area contributed by atoms with Crippen LogP contribution in [0.4, 0.5) is 0 Å². The normalized spacial score (nSPS) is 23.1. The van der Waals surface area contributed by atoms with Gasteiger partial charge in [0, 0.05) is 12.1 Å². The van der Waals surface area contributed by atoms with Crippen molar-refractivity contribution in [3.8, 4) is 0 Å². The highest BCUT2D eigenvalue weighted by Gasteiger charge is 2.21. The van der Waals surface area contributed by atoms with Gasteiger partial charge in [-0.15, -0.1) is 0 Å². The second-order valence-electron chi connectivity index (χ2n) is 5.97. The molecule has 1 aliphatic carbocycles. The zero-order valence-corrected chi connectivity index (χ0v) is 11.8. The molecule has 1 aliphatic rings. The van der Waals surface area contributed by atoms with Crippen LogP contribution in [-0.4, -0.2) is 12.1 Å². The van der Waals surface area contributed by atoms with Crippen LogP contribution in [0.2, 0.25) is 0 Å². The Morgan fingerprint density at radius 2 is 1.56 bits per heavy atom. The van der Waals surface area contributed by atoms with Gasteiger partial charge in [0.25, 0.3) is 0 Å². The third-order valence-corrected chi connectivity index (χ3v) is 4.33. The highest BCUT2D eigenvalue weighted by Crippen LogP contribution is 2.26. The van der Waals surface area contributed by atoms with Gasteiger partial charge in [0.1, 0.15) is 0 Å². The second-order valence-corrected chi connectivity index (χ2v) is 5.97. The third-order valence-electron chi connectivity index (χ3n) is 4.33. The lowest BCUT2D eigenvalue weighted by atomic mass is 9.91. The van der Waals surface area contributed by atoms with Gasteiger partial charge in [-0.25, -0.2) is 0 Å². The Labute approximate surface area is 102 Å². The number of hydrogen-bond donors (Lipinski definition) is 1. The van der Waals surface area contributed by atoms with Crippen LogP contribution in [-0.2, 0) is 0 Å². The largest absolute Gasteiger partial charge is 0.311 e. The van der Waals surface area contributed by atoms with Crippen molar-refractivity contribution in [2.45, 2.75) is 84.7 Å². The van der Waals surface area contributed by atoms with Crippen molar-refractivity contribution in [3.05, 3.63) is 0 Å². The summed E-state index contributed by atoms with van der Waals surface area (Å²) in [5.41, 5.74) is 0. The molecule has 0 heterocycles. The summed E-state index contributed by atoms with van der Waals surface area (Å²) >= 11 is 0. The Bertz CT molecular complexity index is 168. The minimum atomic E-state index is 0.707. The molecule has 0 aromatic carbocycles. The van der Waals surface area contributed by atoms with Crippen molar-refractivity contribution in [1.29, 1.82) is 0 Å². The summed E-state index contributed by atoms with van der Waals surface area (Å²) in [4.78, 5) is 0. The van der Waals surface area contributed by atoms with E-state index in [0.717, 1.165) is 11.8 Å². The summed E-state index contributed by atoms with van der Waals surface area (Å²) in [7, 11) is 0. The average Bonchev–Trinajstić information content (AvgIpc) is 2.53. The predicted molar refractivity (Wildman–Crippen MR) is 72.7 cm³/mol. The molecule has 0 spiro atoms. The van der Waals surface area contributed by atoms with Crippen LogP contribution in [0, 0.1) is 11.8 Å². The minimum Gasteiger partial charge on any atom is -0.311 e. The van der Waals surface area contributed by atoms with E-state index in [1.165, 1.54) is 44.9 Å². The molecule has 2 atom stereocenters. The Balaban J connectivity index is 2.39. The van der Waals surface area contributed by atoms with Crippen molar-refractivity contribution in [2.75, 3.05) is 0 Å². The lowest BCUT2D eigenvalue weighted by Crippen LogP contribution is -2.43. The first kappa shape index (κ1) is 14.0. The van der Waals surface area contributed by atoms with E-state index in [1.54, 1.807) is 0 Å². The zero-order chi connectivity index (χ0) is 12.0. The summed E-state index contributed by atoms with van der Waals surface area (Å²) in [6.07, 6.45) is 9.99. The fourth-order valence-electron chi connectivity index (χ4n) is 3.07. The summed E-state index contributed by atoms with van der Waals surface area (Å²) in [6, 6.07) is 1.42. The van der Waals surface area contributed by atoms with Crippen molar-refractivity contribution >= 4 is 0 Å². The van der Waals surface area contributed by atoms with Crippen LogP contribution in [0.1, 0.15) is 72.6 Å². The highest BCUT2D eigenvalue weighted by molar-refractivity contribution is 4.79. The van der Waals surface area contributed by atoms with Gasteiger partial charge in [-0.2, -0.15) is 0 Å². The maximum atomic E-state index is 3.86. The molecule has 1 unspecified atom stereocenters. The standard InChI is InChI=1S/C15H31N/c1-5-15(12(2)3)16-13(4)14-10-8-6-7-9-11-14/h12-16H,5-11H2,1-4H3/t13-,15?/m1/s1. The van der Waals surface area contributed by atoms with Gasteiger partial charge in [-0.05, 0) is 38.0 Å². The van der Waals surface area contributed by atoms with E-state index in [2.05, 4.69) is 33.0 Å². The Hall–Kier alpha value is -0.0400. The van der Waals surface area contributed by atoms with Crippen molar-refractivity contribution in [2.24, 2.45) is 11.8 Å². The van der Waals surface area contributed by atoms with Gasteiger partial charge in [-0.3, -0.25) is 0 Å². The monoisotopic (exact) mass is 225 g/mol. The van der Waals surface area contributed by atoms with Gasteiger partial charge < -0.3 is 5.32 Å². The number of nitrogens with one attached hydrogen (secondary N) is 1. The molecule has 1 heteroatoms. The summed E-state index contributed by atoms with van der Waals surface area (Å²) in [6.45, 7) is 9.38. The van der Waals surface area contributed by atoms with Gasteiger partial charge in [0.05, 0.1) is 0 Å². The van der Waals surface area contributed by atoms with Crippen LogP contribution < -0.4 is 5.32 Å². The van der Waals surface area contributed by atoms with Crippen LogP contribution in [0.25, 0.3) is 0 Å². The molecule has 1 nitrogen and oxygen atoms in total. The van der Waals surface area contributed by atoms with Crippen LogP contribution in [0.3, 0.4) is 0 Å². The summed E-state index contributed by atoms with van der Waals surface area (Å²) in [5, 5.41) is 3.86. The molecule has 1 N–H and O–H groups in total. The van der Waals surface area contributed by atoms with Crippen LogP contribution in [0.15, 0.2) is 0 Å². The molecule has 0 bridgehead atoms. The lowest BCUT2D eigenvalue weighted by molar-refractivity contribution is 0.273. The molecule has 96 valence electrons. The van der Waals surface area contributed by atoms with E-state index >= 15 is 0 Å². The Morgan fingerprint density at radius 1 is 1.00 bits per heavy atom. The number of rotatable bonds is 5. The average molecular weight is 225 g/mol. The number of hydrogen-bond acceptors (Lipinski definition) is 1. The Kier molecular flexibility index (Phi) is 6.41. The molecule has 0 radical (unpaired) electrons. The Morgan fingerprint density at radius 3 is 2.00 bits per heavy atom. The molecule has 0 aromatic heterocycles. The molecule has 1 fully saturated rings. The fraction of sp³-hybridized carbons (Fsp3) is 1.00. The summed E-state index contributed by atoms with van der Waals surface area (Å²) in [5.74, 6) is 1.69.